The van der Waals surface area contributed by atoms with E-state index in [9.17, 15) is 0 Å². The summed E-state index contributed by atoms with van der Waals surface area (Å²) in [6, 6.07) is 0. The summed E-state index contributed by atoms with van der Waals surface area (Å²) in [6.45, 7) is 6.37. The molecule has 2 nitrogen and oxygen atoms in total. The van der Waals surface area contributed by atoms with Crippen molar-refractivity contribution in [3.8, 4) is 0 Å². The van der Waals surface area contributed by atoms with Gasteiger partial charge in [0.15, 0.2) is 0 Å². The Labute approximate surface area is 63.0 Å². The lowest BCUT2D eigenvalue weighted by Crippen LogP contribution is -2.17. The second-order valence-electron chi connectivity index (χ2n) is 2.87. The Bertz CT molecular complexity index is 79.3. The summed E-state index contributed by atoms with van der Waals surface area (Å²) in [5, 5.41) is 3.32. The van der Waals surface area contributed by atoms with E-state index < -0.39 is 0 Å². The Morgan fingerprint density at radius 3 is 3.10 bits per heavy atom. The summed E-state index contributed by atoms with van der Waals surface area (Å²) in [6.07, 6.45) is 2.55. The van der Waals surface area contributed by atoms with Crippen LogP contribution in [0.1, 0.15) is 19.8 Å². The van der Waals surface area contributed by atoms with Gasteiger partial charge in [0, 0.05) is 13.2 Å². The van der Waals surface area contributed by atoms with E-state index in [0.29, 0.717) is 0 Å². The van der Waals surface area contributed by atoms with Crippen LogP contribution in [0, 0.1) is 5.92 Å². The van der Waals surface area contributed by atoms with Crippen molar-refractivity contribution in [2.24, 2.45) is 5.92 Å². The number of hydrogen-bond acceptors (Lipinski definition) is 2. The zero-order chi connectivity index (χ0) is 7.23. The van der Waals surface area contributed by atoms with E-state index in [-0.39, 0.29) is 0 Å². The molecule has 60 valence electrons. The fourth-order valence-electron chi connectivity index (χ4n) is 1.29. The van der Waals surface area contributed by atoms with Gasteiger partial charge >= 0.3 is 0 Å². The first-order chi connectivity index (χ1) is 4.93. The molecule has 1 fully saturated rings. The normalized spacial score (nSPS) is 25.5. The average molecular weight is 143 g/mol. The minimum absolute atomic E-state index is 0.832. The van der Waals surface area contributed by atoms with E-state index in [1.54, 1.807) is 0 Å². The maximum atomic E-state index is 5.26. The van der Waals surface area contributed by atoms with Crippen molar-refractivity contribution < 1.29 is 4.74 Å². The molecule has 0 aromatic rings. The molecule has 1 heterocycles. The van der Waals surface area contributed by atoms with Crippen molar-refractivity contribution in [2.75, 3.05) is 26.3 Å². The number of hydrogen-bond donors (Lipinski definition) is 1. The number of rotatable bonds is 4. The summed E-state index contributed by atoms with van der Waals surface area (Å²) < 4.78 is 5.26. The molecule has 0 saturated carbocycles. The first-order valence-corrected chi connectivity index (χ1v) is 4.22. The maximum Gasteiger partial charge on any atom is 0.0495 e. The molecule has 0 bridgehead atoms. The van der Waals surface area contributed by atoms with E-state index in [1.165, 1.54) is 12.8 Å². The Hall–Kier alpha value is -0.0800. The smallest absolute Gasteiger partial charge is 0.0495 e. The highest BCUT2D eigenvalue weighted by atomic mass is 16.5. The van der Waals surface area contributed by atoms with Gasteiger partial charge in [-0.1, -0.05) is 6.92 Å². The third-order valence-corrected chi connectivity index (χ3v) is 2.00. The quantitative estimate of drug-likeness (QED) is 0.593. The second kappa shape index (κ2) is 4.69. The minimum atomic E-state index is 0.832. The van der Waals surface area contributed by atoms with E-state index in [4.69, 9.17) is 4.74 Å². The molecule has 0 aliphatic carbocycles. The summed E-state index contributed by atoms with van der Waals surface area (Å²) in [7, 11) is 0. The third-order valence-electron chi connectivity index (χ3n) is 2.00. The molecule has 0 spiro atoms. The molecule has 1 unspecified atom stereocenters. The fourth-order valence-corrected chi connectivity index (χ4v) is 1.29. The van der Waals surface area contributed by atoms with Crippen molar-refractivity contribution in [3.63, 3.8) is 0 Å². The lowest BCUT2D eigenvalue weighted by molar-refractivity contribution is 0.184. The Morgan fingerprint density at radius 1 is 1.60 bits per heavy atom. The van der Waals surface area contributed by atoms with Crippen molar-refractivity contribution >= 4 is 0 Å². The van der Waals surface area contributed by atoms with E-state index in [2.05, 4.69) is 12.2 Å². The van der Waals surface area contributed by atoms with Gasteiger partial charge in [0.1, 0.15) is 0 Å². The lowest BCUT2D eigenvalue weighted by atomic mass is 10.1. The molecule has 0 amide bonds. The SMILES string of the molecule is CCNCCC1CCOC1. The zero-order valence-electron chi connectivity index (χ0n) is 6.73. The highest BCUT2D eigenvalue weighted by Crippen LogP contribution is 2.14. The zero-order valence-corrected chi connectivity index (χ0v) is 6.73. The van der Waals surface area contributed by atoms with Gasteiger partial charge in [-0.2, -0.15) is 0 Å². The van der Waals surface area contributed by atoms with E-state index in [0.717, 1.165) is 32.2 Å². The Kier molecular flexibility index (Phi) is 3.76. The van der Waals surface area contributed by atoms with Crippen LogP contribution in [-0.2, 0) is 4.74 Å². The first kappa shape index (κ1) is 8.02. The monoisotopic (exact) mass is 143 g/mol. The minimum Gasteiger partial charge on any atom is -0.381 e. The second-order valence-corrected chi connectivity index (χ2v) is 2.87. The van der Waals surface area contributed by atoms with Gasteiger partial charge < -0.3 is 10.1 Å². The number of ether oxygens (including phenoxy) is 1. The molecule has 1 saturated heterocycles. The van der Waals surface area contributed by atoms with Crippen molar-refractivity contribution in [3.05, 3.63) is 0 Å². The Morgan fingerprint density at radius 2 is 2.50 bits per heavy atom. The molecule has 1 rings (SSSR count). The predicted octanol–water partition coefficient (Wildman–Crippen LogP) is 1.02. The highest BCUT2D eigenvalue weighted by Gasteiger charge is 2.13. The average Bonchev–Trinajstić information content (AvgIpc) is 2.41. The van der Waals surface area contributed by atoms with Crippen LogP contribution in [-0.4, -0.2) is 26.3 Å². The molecular formula is C8H17NO. The molecule has 1 atom stereocenters. The molecule has 0 aromatic carbocycles. The maximum absolute atomic E-state index is 5.26. The van der Waals surface area contributed by atoms with Crippen LogP contribution in [0.15, 0.2) is 0 Å². The molecule has 0 radical (unpaired) electrons. The lowest BCUT2D eigenvalue weighted by Gasteiger charge is -2.06. The largest absolute Gasteiger partial charge is 0.381 e. The van der Waals surface area contributed by atoms with Crippen LogP contribution in [0.4, 0.5) is 0 Å². The van der Waals surface area contributed by atoms with E-state index in [1.807, 2.05) is 0 Å². The third kappa shape index (κ3) is 2.67. The van der Waals surface area contributed by atoms with Crippen LogP contribution in [0.5, 0.6) is 0 Å². The molecule has 1 aliphatic rings. The van der Waals surface area contributed by atoms with Crippen LogP contribution in [0.3, 0.4) is 0 Å². The molecule has 0 aromatic heterocycles. The van der Waals surface area contributed by atoms with Crippen molar-refractivity contribution in [1.82, 2.24) is 5.32 Å². The molecule has 2 heteroatoms. The molecule has 10 heavy (non-hydrogen) atoms. The summed E-state index contributed by atoms with van der Waals surface area (Å²) >= 11 is 0. The summed E-state index contributed by atoms with van der Waals surface area (Å²) in [4.78, 5) is 0. The van der Waals surface area contributed by atoms with Crippen molar-refractivity contribution in [1.29, 1.82) is 0 Å². The predicted molar refractivity (Wildman–Crippen MR) is 42.1 cm³/mol. The molecular weight excluding hydrogens is 126 g/mol. The summed E-state index contributed by atoms with van der Waals surface area (Å²) in [5.74, 6) is 0.832. The molecule has 1 aliphatic heterocycles. The number of nitrogens with one attached hydrogen (secondary N) is 1. The van der Waals surface area contributed by atoms with E-state index >= 15 is 0 Å². The highest BCUT2D eigenvalue weighted by molar-refractivity contribution is 4.64. The van der Waals surface area contributed by atoms with Crippen LogP contribution in [0.25, 0.3) is 0 Å². The van der Waals surface area contributed by atoms with Gasteiger partial charge in [0.2, 0.25) is 0 Å². The standard InChI is InChI=1S/C8H17NO/c1-2-9-5-3-8-4-6-10-7-8/h8-9H,2-7H2,1H3. The topological polar surface area (TPSA) is 21.3 Å². The molecule has 1 N–H and O–H groups in total. The fraction of sp³-hybridized carbons (Fsp3) is 1.00. The van der Waals surface area contributed by atoms with Gasteiger partial charge in [0.25, 0.3) is 0 Å². The van der Waals surface area contributed by atoms with Crippen LogP contribution < -0.4 is 5.32 Å². The van der Waals surface area contributed by atoms with Crippen LogP contribution >= 0.6 is 0 Å². The summed E-state index contributed by atoms with van der Waals surface area (Å²) in [5.41, 5.74) is 0. The van der Waals surface area contributed by atoms with Gasteiger partial charge in [-0.15, -0.1) is 0 Å². The Balaban J connectivity index is 1.91. The van der Waals surface area contributed by atoms with Gasteiger partial charge in [-0.3, -0.25) is 0 Å². The van der Waals surface area contributed by atoms with Gasteiger partial charge in [-0.25, -0.2) is 0 Å². The van der Waals surface area contributed by atoms with Crippen LogP contribution in [0.2, 0.25) is 0 Å². The van der Waals surface area contributed by atoms with Gasteiger partial charge in [0.05, 0.1) is 0 Å². The first-order valence-electron chi connectivity index (χ1n) is 4.22. The van der Waals surface area contributed by atoms with Gasteiger partial charge in [-0.05, 0) is 31.8 Å². The van der Waals surface area contributed by atoms with Crippen molar-refractivity contribution in [2.45, 2.75) is 19.8 Å².